The van der Waals surface area contributed by atoms with Crippen molar-refractivity contribution in [3.05, 3.63) is 18.2 Å². The zero-order valence-electron chi connectivity index (χ0n) is 8.59. The van der Waals surface area contributed by atoms with Crippen molar-refractivity contribution in [2.45, 2.75) is 11.3 Å². The highest BCUT2D eigenvalue weighted by molar-refractivity contribution is 7.89. The van der Waals surface area contributed by atoms with E-state index in [2.05, 4.69) is 0 Å². The van der Waals surface area contributed by atoms with Crippen LogP contribution in [0.15, 0.2) is 23.1 Å². The van der Waals surface area contributed by atoms with Gasteiger partial charge in [0.25, 0.3) is 0 Å². The van der Waals surface area contributed by atoms with E-state index in [4.69, 9.17) is 20.7 Å². The SMILES string of the molecule is Nc1c(OCCCO)cccc1S(N)(=O)=O. The second-order valence-corrected chi connectivity index (χ2v) is 4.67. The molecule has 7 heteroatoms. The van der Waals surface area contributed by atoms with E-state index in [0.717, 1.165) is 0 Å². The lowest BCUT2D eigenvalue weighted by atomic mass is 10.3. The Kier molecular flexibility index (Phi) is 4.11. The van der Waals surface area contributed by atoms with Gasteiger partial charge in [-0.15, -0.1) is 0 Å². The lowest BCUT2D eigenvalue weighted by Gasteiger charge is -2.10. The lowest BCUT2D eigenvalue weighted by Crippen LogP contribution is -2.15. The molecular formula is C9H14N2O4S. The van der Waals surface area contributed by atoms with E-state index in [9.17, 15) is 8.42 Å². The smallest absolute Gasteiger partial charge is 0.240 e. The molecule has 0 bridgehead atoms. The van der Waals surface area contributed by atoms with Crippen LogP contribution in [0.2, 0.25) is 0 Å². The maximum atomic E-state index is 11.1. The number of para-hydroxylation sites is 1. The van der Waals surface area contributed by atoms with Crippen LogP contribution in [-0.4, -0.2) is 26.7 Å². The summed E-state index contributed by atoms with van der Waals surface area (Å²) >= 11 is 0. The number of hydrogen-bond donors (Lipinski definition) is 3. The molecule has 0 aliphatic rings. The molecule has 1 aromatic rings. The molecule has 0 atom stereocenters. The zero-order chi connectivity index (χ0) is 12.2. The van der Waals surface area contributed by atoms with E-state index in [0.29, 0.717) is 6.42 Å². The van der Waals surface area contributed by atoms with Gasteiger partial charge in [-0.05, 0) is 12.1 Å². The Bertz CT molecular complexity index is 459. The first-order valence-electron chi connectivity index (χ1n) is 4.61. The van der Waals surface area contributed by atoms with E-state index in [1.165, 1.54) is 12.1 Å². The van der Waals surface area contributed by atoms with Crippen LogP contribution in [0.3, 0.4) is 0 Å². The average molecular weight is 246 g/mol. The number of sulfonamides is 1. The highest BCUT2D eigenvalue weighted by Gasteiger charge is 2.15. The molecule has 0 aliphatic heterocycles. The number of anilines is 1. The van der Waals surface area contributed by atoms with Gasteiger partial charge < -0.3 is 15.6 Å². The van der Waals surface area contributed by atoms with Crippen LogP contribution in [0.1, 0.15) is 6.42 Å². The quantitative estimate of drug-likeness (QED) is 0.486. The van der Waals surface area contributed by atoms with Crippen molar-refractivity contribution >= 4 is 15.7 Å². The molecule has 1 rings (SSSR count). The molecule has 16 heavy (non-hydrogen) atoms. The molecule has 90 valence electrons. The summed E-state index contributed by atoms with van der Waals surface area (Å²) in [5.74, 6) is 0.250. The summed E-state index contributed by atoms with van der Waals surface area (Å²) < 4.78 is 27.5. The number of nitrogen functional groups attached to an aromatic ring is 1. The predicted molar refractivity (Wildman–Crippen MR) is 59.4 cm³/mol. The zero-order valence-corrected chi connectivity index (χ0v) is 9.40. The van der Waals surface area contributed by atoms with E-state index in [-0.39, 0.29) is 29.5 Å². The van der Waals surface area contributed by atoms with Crippen LogP contribution < -0.4 is 15.6 Å². The second kappa shape index (κ2) is 5.15. The topological polar surface area (TPSA) is 116 Å². The number of aliphatic hydroxyl groups excluding tert-OH is 1. The Morgan fingerprint density at radius 3 is 2.62 bits per heavy atom. The number of aliphatic hydroxyl groups is 1. The van der Waals surface area contributed by atoms with Crippen molar-refractivity contribution in [2.24, 2.45) is 5.14 Å². The van der Waals surface area contributed by atoms with Crippen LogP contribution in [0, 0.1) is 0 Å². The van der Waals surface area contributed by atoms with Crippen molar-refractivity contribution in [3.8, 4) is 5.75 Å². The lowest BCUT2D eigenvalue weighted by molar-refractivity contribution is 0.234. The van der Waals surface area contributed by atoms with Crippen LogP contribution in [0.4, 0.5) is 5.69 Å². The third kappa shape index (κ3) is 3.09. The molecule has 0 amide bonds. The minimum Gasteiger partial charge on any atom is -0.491 e. The summed E-state index contributed by atoms with van der Waals surface area (Å²) in [7, 11) is -3.84. The van der Waals surface area contributed by atoms with Gasteiger partial charge in [0.05, 0.1) is 12.3 Å². The Hall–Kier alpha value is -1.31. The summed E-state index contributed by atoms with van der Waals surface area (Å²) in [4.78, 5) is -0.158. The van der Waals surface area contributed by atoms with Crippen molar-refractivity contribution in [2.75, 3.05) is 18.9 Å². The third-order valence-corrected chi connectivity index (χ3v) is 2.86. The van der Waals surface area contributed by atoms with Gasteiger partial charge in [-0.3, -0.25) is 0 Å². The monoisotopic (exact) mass is 246 g/mol. The Balaban J connectivity index is 2.96. The highest BCUT2D eigenvalue weighted by Crippen LogP contribution is 2.27. The van der Waals surface area contributed by atoms with Gasteiger partial charge >= 0.3 is 0 Å². The van der Waals surface area contributed by atoms with Crippen molar-refractivity contribution in [1.82, 2.24) is 0 Å². The maximum absolute atomic E-state index is 11.1. The van der Waals surface area contributed by atoms with E-state index in [1.807, 2.05) is 0 Å². The van der Waals surface area contributed by atoms with E-state index >= 15 is 0 Å². The number of rotatable bonds is 5. The summed E-state index contributed by atoms with van der Waals surface area (Å²) in [5.41, 5.74) is 5.59. The van der Waals surface area contributed by atoms with Gasteiger partial charge in [-0.1, -0.05) is 6.07 Å². The largest absolute Gasteiger partial charge is 0.491 e. The second-order valence-electron chi connectivity index (χ2n) is 3.14. The Morgan fingerprint density at radius 1 is 1.38 bits per heavy atom. The number of benzene rings is 1. The first-order chi connectivity index (χ1) is 7.46. The number of hydrogen-bond acceptors (Lipinski definition) is 5. The first kappa shape index (κ1) is 12.8. The molecule has 0 unspecified atom stereocenters. The van der Waals surface area contributed by atoms with Crippen LogP contribution in [-0.2, 0) is 10.0 Å². The Morgan fingerprint density at radius 2 is 2.06 bits per heavy atom. The van der Waals surface area contributed by atoms with Crippen molar-refractivity contribution in [3.63, 3.8) is 0 Å². The fraction of sp³-hybridized carbons (Fsp3) is 0.333. The fourth-order valence-corrected chi connectivity index (χ4v) is 1.82. The van der Waals surface area contributed by atoms with Gasteiger partial charge in [0, 0.05) is 13.0 Å². The summed E-state index contributed by atoms with van der Waals surface area (Å²) in [6.45, 7) is 0.254. The molecule has 0 aliphatic carbocycles. The summed E-state index contributed by atoms with van der Waals surface area (Å²) in [6, 6.07) is 4.34. The number of nitrogens with two attached hydrogens (primary N) is 2. The van der Waals surface area contributed by atoms with Gasteiger partial charge in [0.1, 0.15) is 10.6 Å². The van der Waals surface area contributed by atoms with E-state index in [1.54, 1.807) is 6.07 Å². The molecule has 0 aromatic heterocycles. The van der Waals surface area contributed by atoms with Crippen LogP contribution in [0.5, 0.6) is 5.75 Å². The summed E-state index contributed by atoms with van der Waals surface area (Å²) in [5, 5.41) is 13.5. The van der Waals surface area contributed by atoms with Gasteiger partial charge in [-0.25, -0.2) is 13.6 Å². The first-order valence-corrected chi connectivity index (χ1v) is 6.16. The third-order valence-electron chi connectivity index (χ3n) is 1.89. The summed E-state index contributed by atoms with van der Waals surface area (Å²) in [6.07, 6.45) is 0.443. The molecule has 0 saturated heterocycles. The molecule has 0 saturated carbocycles. The van der Waals surface area contributed by atoms with Crippen molar-refractivity contribution < 1.29 is 18.3 Å². The Labute approximate surface area is 93.9 Å². The number of ether oxygens (including phenoxy) is 1. The molecule has 5 N–H and O–H groups in total. The minimum atomic E-state index is -3.84. The highest BCUT2D eigenvalue weighted by atomic mass is 32.2. The molecule has 1 aromatic carbocycles. The average Bonchev–Trinajstić information content (AvgIpc) is 2.19. The molecular weight excluding hydrogens is 232 g/mol. The van der Waals surface area contributed by atoms with Gasteiger partial charge in [0.15, 0.2) is 0 Å². The predicted octanol–water partition coefficient (Wildman–Crippen LogP) is -0.323. The standard InChI is InChI=1S/C9H14N2O4S/c10-9-7(15-6-2-5-12)3-1-4-8(9)16(11,13)14/h1,3-4,12H,2,5-6,10H2,(H2,11,13,14). The molecule has 6 nitrogen and oxygen atoms in total. The van der Waals surface area contributed by atoms with Crippen molar-refractivity contribution in [1.29, 1.82) is 0 Å². The van der Waals surface area contributed by atoms with Crippen LogP contribution >= 0.6 is 0 Å². The molecule has 0 heterocycles. The van der Waals surface area contributed by atoms with Crippen LogP contribution in [0.25, 0.3) is 0 Å². The fourth-order valence-electron chi connectivity index (χ4n) is 1.14. The molecule has 0 fully saturated rings. The van der Waals surface area contributed by atoms with Gasteiger partial charge in [-0.2, -0.15) is 0 Å². The van der Waals surface area contributed by atoms with Gasteiger partial charge in [0.2, 0.25) is 10.0 Å². The maximum Gasteiger partial charge on any atom is 0.240 e. The molecule has 0 spiro atoms. The number of primary sulfonamides is 1. The minimum absolute atomic E-state index is 0.00518. The normalized spacial score (nSPS) is 11.4. The van der Waals surface area contributed by atoms with E-state index < -0.39 is 10.0 Å². The molecule has 0 radical (unpaired) electrons.